The average molecular weight is 365 g/mol. The van der Waals surface area contributed by atoms with Crippen LogP contribution in [0, 0.1) is 0 Å². The van der Waals surface area contributed by atoms with E-state index < -0.39 is 0 Å². The normalized spacial score (nSPS) is 10.8. The summed E-state index contributed by atoms with van der Waals surface area (Å²) >= 11 is 9.48. The fraction of sp³-hybridized carbons (Fsp3) is 0.0667. The molecule has 6 heteroatoms. The minimum atomic E-state index is 0.441. The first-order valence-electron chi connectivity index (χ1n) is 6.25. The molecule has 0 spiro atoms. The first-order chi connectivity index (χ1) is 10.1. The van der Waals surface area contributed by atoms with Crippen molar-refractivity contribution in [3.8, 4) is 11.5 Å². The number of nitrogens with two attached hydrogens (primary N) is 1. The van der Waals surface area contributed by atoms with Gasteiger partial charge in [-0.3, -0.25) is 0 Å². The van der Waals surface area contributed by atoms with E-state index in [2.05, 4.69) is 26.1 Å². The highest BCUT2D eigenvalue weighted by Crippen LogP contribution is 2.26. The molecule has 2 N–H and O–H groups in total. The molecule has 1 heterocycles. The molecule has 0 unspecified atom stereocenters. The van der Waals surface area contributed by atoms with E-state index >= 15 is 0 Å². The van der Waals surface area contributed by atoms with Gasteiger partial charge in [-0.2, -0.15) is 4.98 Å². The van der Waals surface area contributed by atoms with E-state index in [0.717, 1.165) is 15.6 Å². The minimum Gasteiger partial charge on any atom is -0.398 e. The summed E-state index contributed by atoms with van der Waals surface area (Å²) in [7, 11) is 0. The summed E-state index contributed by atoms with van der Waals surface area (Å²) in [4.78, 5) is 4.38. The van der Waals surface area contributed by atoms with Crippen molar-refractivity contribution in [2.75, 3.05) is 5.73 Å². The van der Waals surface area contributed by atoms with E-state index in [1.165, 1.54) is 0 Å². The van der Waals surface area contributed by atoms with Gasteiger partial charge in [-0.25, -0.2) is 0 Å². The van der Waals surface area contributed by atoms with Gasteiger partial charge in [0.15, 0.2) is 5.82 Å². The third kappa shape index (κ3) is 3.09. The average Bonchev–Trinajstić information content (AvgIpc) is 2.93. The van der Waals surface area contributed by atoms with Crippen LogP contribution in [0.1, 0.15) is 11.4 Å². The zero-order valence-corrected chi connectivity index (χ0v) is 13.2. The Morgan fingerprint density at radius 1 is 1.19 bits per heavy atom. The van der Waals surface area contributed by atoms with Gasteiger partial charge in [0, 0.05) is 27.2 Å². The molecular formula is C15H11BrClN3O. The lowest BCUT2D eigenvalue weighted by Gasteiger charge is -2.00. The van der Waals surface area contributed by atoms with Gasteiger partial charge in [0.05, 0.1) is 0 Å². The second-order valence-electron chi connectivity index (χ2n) is 4.52. The van der Waals surface area contributed by atoms with Crippen molar-refractivity contribution in [1.29, 1.82) is 0 Å². The van der Waals surface area contributed by atoms with E-state index in [9.17, 15) is 0 Å². The number of hydrogen-bond acceptors (Lipinski definition) is 4. The molecular weight excluding hydrogens is 354 g/mol. The van der Waals surface area contributed by atoms with Crippen LogP contribution in [0.2, 0.25) is 5.02 Å². The molecule has 0 bridgehead atoms. The van der Waals surface area contributed by atoms with E-state index in [1.807, 2.05) is 36.4 Å². The Morgan fingerprint density at radius 3 is 2.76 bits per heavy atom. The van der Waals surface area contributed by atoms with Crippen molar-refractivity contribution in [2.45, 2.75) is 6.42 Å². The zero-order valence-electron chi connectivity index (χ0n) is 10.9. The molecule has 21 heavy (non-hydrogen) atoms. The van der Waals surface area contributed by atoms with Crippen molar-refractivity contribution >= 4 is 33.2 Å². The molecule has 1 aromatic heterocycles. The van der Waals surface area contributed by atoms with E-state index in [4.69, 9.17) is 21.9 Å². The second kappa shape index (κ2) is 5.87. The number of halogens is 2. The highest BCUT2D eigenvalue weighted by molar-refractivity contribution is 9.10. The van der Waals surface area contributed by atoms with Gasteiger partial charge < -0.3 is 10.3 Å². The quantitative estimate of drug-likeness (QED) is 0.703. The molecule has 0 radical (unpaired) electrons. The highest BCUT2D eigenvalue weighted by atomic mass is 79.9. The van der Waals surface area contributed by atoms with E-state index in [-0.39, 0.29) is 0 Å². The van der Waals surface area contributed by atoms with Crippen LogP contribution in [0.5, 0.6) is 0 Å². The third-order valence-corrected chi connectivity index (χ3v) is 4.11. The molecule has 0 saturated carbocycles. The van der Waals surface area contributed by atoms with Gasteiger partial charge in [-0.15, -0.1) is 0 Å². The lowest BCUT2D eigenvalue weighted by Crippen LogP contribution is -1.92. The number of anilines is 1. The van der Waals surface area contributed by atoms with Crippen molar-refractivity contribution in [1.82, 2.24) is 10.1 Å². The molecule has 0 aliphatic rings. The lowest BCUT2D eigenvalue weighted by molar-refractivity contribution is 0.424. The van der Waals surface area contributed by atoms with Crippen LogP contribution in [-0.4, -0.2) is 10.1 Å². The van der Waals surface area contributed by atoms with E-state index in [1.54, 1.807) is 6.07 Å². The molecule has 0 fully saturated rings. The molecule has 0 aliphatic heterocycles. The summed E-state index contributed by atoms with van der Waals surface area (Å²) in [6, 6.07) is 13.1. The van der Waals surface area contributed by atoms with E-state index in [0.29, 0.717) is 28.8 Å². The molecule has 3 aromatic rings. The fourth-order valence-electron chi connectivity index (χ4n) is 1.93. The predicted octanol–water partition coefficient (Wildman–Crippen LogP) is 4.33. The van der Waals surface area contributed by atoms with Gasteiger partial charge in [0.2, 0.25) is 0 Å². The fourth-order valence-corrected chi connectivity index (χ4v) is 2.38. The van der Waals surface area contributed by atoms with Crippen molar-refractivity contribution in [3.63, 3.8) is 0 Å². The summed E-state index contributed by atoms with van der Waals surface area (Å²) in [5.41, 5.74) is 8.22. The Labute approximate surface area is 135 Å². The van der Waals surface area contributed by atoms with Crippen LogP contribution in [0.4, 0.5) is 5.69 Å². The second-order valence-corrected chi connectivity index (χ2v) is 5.78. The standard InChI is InChI=1S/C15H11BrClN3O/c16-11-6-5-10(7-13(11)18)15-19-14(20-21-15)8-9-3-1-2-4-12(9)17/h1-7H,8,18H2. The Kier molecular flexibility index (Phi) is 3.94. The Morgan fingerprint density at radius 2 is 2.00 bits per heavy atom. The Hall–Kier alpha value is -1.85. The highest BCUT2D eigenvalue weighted by Gasteiger charge is 2.11. The number of aromatic nitrogens is 2. The van der Waals surface area contributed by atoms with Gasteiger partial charge in [0.25, 0.3) is 5.89 Å². The summed E-state index contributed by atoms with van der Waals surface area (Å²) < 4.78 is 6.12. The summed E-state index contributed by atoms with van der Waals surface area (Å²) in [5, 5.41) is 4.68. The van der Waals surface area contributed by atoms with Gasteiger partial charge >= 0.3 is 0 Å². The first kappa shape index (κ1) is 14.1. The van der Waals surface area contributed by atoms with Crippen LogP contribution in [0.15, 0.2) is 51.5 Å². The molecule has 0 atom stereocenters. The molecule has 0 aliphatic carbocycles. The maximum absolute atomic E-state index is 6.13. The number of nitrogen functional groups attached to an aromatic ring is 1. The largest absolute Gasteiger partial charge is 0.398 e. The smallest absolute Gasteiger partial charge is 0.258 e. The minimum absolute atomic E-state index is 0.441. The van der Waals surface area contributed by atoms with Crippen LogP contribution in [0.25, 0.3) is 11.5 Å². The third-order valence-electron chi connectivity index (χ3n) is 3.02. The lowest BCUT2D eigenvalue weighted by atomic mass is 10.1. The van der Waals surface area contributed by atoms with Crippen LogP contribution >= 0.6 is 27.5 Å². The van der Waals surface area contributed by atoms with Crippen molar-refractivity contribution < 1.29 is 4.52 Å². The zero-order chi connectivity index (χ0) is 14.8. The number of benzene rings is 2. The van der Waals surface area contributed by atoms with Gasteiger partial charge in [-0.1, -0.05) is 35.0 Å². The summed E-state index contributed by atoms with van der Waals surface area (Å²) in [5.74, 6) is 1.02. The predicted molar refractivity (Wildman–Crippen MR) is 86.1 cm³/mol. The maximum Gasteiger partial charge on any atom is 0.258 e. The monoisotopic (exact) mass is 363 g/mol. The topological polar surface area (TPSA) is 64.9 Å². The van der Waals surface area contributed by atoms with Gasteiger partial charge in [0.1, 0.15) is 0 Å². The number of hydrogen-bond donors (Lipinski definition) is 1. The summed E-state index contributed by atoms with van der Waals surface area (Å²) in [6.07, 6.45) is 0.523. The Bertz CT molecular complexity index is 788. The van der Waals surface area contributed by atoms with Crippen molar-refractivity contribution in [2.24, 2.45) is 0 Å². The van der Waals surface area contributed by atoms with Crippen molar-refractivity contribution in [3.05, 3.63) is 63.3 Å². The van der Waals surface area contributed by atoms with Crippen LogP contribution < -0.4 is 5.73 Å². The molecule has 0 amide bonds. The Balaban J connectivity index is 1.86. The molecule has 4 nitrogen and oxygen atoms in total. The van der Waals surface area contributed by atoms with Crippen LogP contribution in [0.3, 0.4) is 0 Å². The van der Waals surface area contributed by atoms with Crippen LogP contribution in [-0.2, 0) is 6.42 Å². The number of rotatable bonds is 3. The molecule has 106 valence electrons. The summed E-state index contributed by atoms with van der Waals surface area (Å²) in [6.45, 7) is 0. The number of nitrogens with zero attached hydrogens (tertiary/aromatic N) is 2. The molecule has 0 saturated heterocycles. The molecule has 2 aromatic carbocycles. The first-order valence-corrected chi connectivity index (χ1v) is 7.42. The maximum atomic E-state index is 6.13. The van der Waals surface area contributed by atoms with Gasteiger partial charge in [-0.05, 0) is 45.8 Å². The SMILES string of the molecule is Nc1cc(-c2nc(Cc3ccccc3Cl)no2)ccc1Br. The molecule has 3 rings (SSSR count).